The molecule has 12 heavy (non-hydrogen) atoms. The maximum Gasteiger partial charge on any atom is 0.189 e. The summed E-state index contributed by atoms with van der Waals surface area (Å²) in [7, 11) is 0. The Balaban J connectivity index is 0.00000121. The van der Waals surface area contributed by atoms with Crippen LogP contribution in [0, 0.1) is 0 Å². The third-order valence-electron chi connectivity index (χ3n) is 1.73. The average Bonchev–Trinajstić information content (AvgIpc) is 2.06. The van der Waals surface area contributed by atoms with E-state index in [9.17, 15) is 10.2 Å². The maximum atomic E-state index is 9.35. The number of hydrogen-bond acceptors (Lipinski definition) is 2. The van der Waals surface area contributed by atoms with E-state index < -0.39 is 5.79 Å². The van der Waals surface area contributed by atoms with Gasteiger partial charge in [0, 0.05) is 63.4 Å². The van der Waals surface area contributed by atoms with Crippen molar-refractivity contribution >= 4 is 51.4 Å². The van der Waals surface area contributed by atoms with Crippen molar-refractivity contribution in [2.24, 2.45) is 0 Å². The Morgan fingerprint density at radius 2 is 1.67 bits per heavy atom. The molecule has 1 rings (SSSR count). The molecule has 61 valence electrons. The molecule has 0 aliphatic heterocycles. The summed E-state index contributed by atoms with van der Waals surface area (Å²) in [5.41, 5.74) is 0.544. The van der Waals surface area contributed by atoms with Crippen LogP contribution in [0.5, 0.6) is 0 Å². The predicted octanol–water partition coefficient (Wildman–Crippen LogP) is 0.853. The van der Waals surface area contributed by atoms with Gasteiger partial charge in [-0.1, -0.05) is 37.3 Å². The second-order valence-corrected chi connectivity index (χ2v) is 2.54. The van der Waals surface area contributed by atoms with Gasteiger partial charge in [-0.2, -0.15) is 0 Å². The molecule has 1 aromatic carbocycles. The van der Waals surface area contributed by atoms with Crippen molar-refractivity contribution < 1.29 is 10.2 Å². The van der Waals surface area contributed by atoms with E-state index in [1.807, 2.05) is 6.07 Å². The molecule has 2 nitrogen and oxygen atoms in total. The summed E-state index contributed by atoms with van der Waals surface area (Å²) < 4.78 is 0. The van der Waals surface area contributed by atoms with Gasteiger partial charge in [0.25, 0.3) is 0 Å². The van der Waals surface area contributed by atoms with Crippen LogP contribution in [0.2, 0.25) is 0 Å². The molecule has 0 aliphatic carbocycles. The topological polar surface area (TPSA) is 40.5 Å². The first-order chi connectivity index (χ1) is 5.17. The van der Waals surface area contributed by atoms with Crippen molar-refractivity contribution in [3.05, 3.63) is 35.9 Å². The van der Waals surface area contributed by atoms with E-state index in [0.717, 1.165) is 0 Å². The van der Waals surface area contributed by atoms with Gasteiger partial charge in [-0.3, -0.25) is 0 Å². The fourth-order valence-electron chi connectivity index (χ4n) is 0.909. The minimum Gasteiger partial charge on any atom is -0.362 e. The normalized spacial score (nSPS) is 10.6. The van der Waals surface area contributed by atoms with E-state index in [1.54, 1.807) is 31.2 Å². The van der Waals surface area contributed by atoms with E-state index in [1.165, 1.54) is 0 Å². The fraction of sp³-hybridized carbons (Fsp3) is 0.333. The molecule has 3 heteroatoms. The average molecular weight is 191 g/mol. The van der Waals surface area contributed by atoms with Gasteiger partial charge in [-0.25, -0.2) is 0 Å². The van der Waals surface area contributed by atoms with Crippen LogP contribution < -0.4 is 0 Å². The summed E-state index contributed by atoms with van der Waals surface area (Å²) in [5.74, 6) is -1.67. The zero-order valence-electron chi connectivity index (χ0n) is 7.49. The summed E-state index contributed by atoms with van der Waals surface area (Å²) in [6, 6.07) is 8.81. The van der Waals surface area contributed by atoms with Crippen LogP contribution in [-0.2, 0) is 5.79 Å². The summed E-state index contributed by atoms with van der Waals surface area (Å²) in [4.78, 5) is 0. The molecule has 0 unspecified atom stereocenters. The van der Waals surface area contributed by atoms with Gasteiger partial charge in [0.1, 0.15) is 0 Å². The smallest absolute Gasteiger partial charge is 0.189 e. The molecule has 0 atom stereocenters. The van der Waals surface area contributed by atoms with Crippen molar-refractivity contribution in [1.29, 1.82) is 0 Å². The van der Waals surface area contributed by atoms with Crippen molar-refractivity contribution in [3.63, 3.8) is 0 Å². The quantitative estimate of drug-likeness (QED) is 0.537. The standard InChI is InChI=1S/C9H12O2.K/c1-2-9(10,11)8-6-4-3-5-7-8;/h3-7,10-11H,2H2,1H3;. The molecular formula is C9H12KO2. The van der Waals surface area contributed by atoms with Gasteiger partial charge in [0.2, 0.25) is 0 Å². The Kier molecular flexibility index (Phi) is 5.85. The zero-order chi connectivity index (χ0) is 8.32. The summed E-state index contributed by atoms with van der Waals surface area (Å²) in [6.45, 7) is 1.73. The van der Waals surface area contributed by atoms with Gasteiger partial charge >= 0.3 is 0 Å². The van der Waals surface area contributed by atoms with Crippen molar-refractivity contribution in [2.45, 2.75) is 19.1 Å². The molecule has 0 aliphatic rings. The first-order valence-corrected chi connectivity index (χ1v) is 3.67. The molecule has 0 amide bonds. The van der Waals surface area contributed by atoms with Gasteiger partial charge in [-0.15, -0.1) is 0 Å². The molecule has 0 fully saturated rings. The molecular weight excluding hydrogens is 179 g/mol. The van der Waals surface area contributed by atoms with Gasteiger partial charge in [0.15, 0.2) is 5.79 Å². The Morgan fingerprint density at radius 3 is 2.08 bits per heavy atom. The predicted molar refractivity (Wildman–Crippen MR) is 48.6 cm³/mol. The number of hydrogen-bond donors (Lipinski definition) is 2. The molecule has 1 radical (unpaired) electrons. The van der Waals surface area contributed by atoms with Gasteiger partial charge in [-0.05, 0) is 0 Å². The second kappa shape index (κ2) is 5.49. The van der Waals surface area contributed by atoms with Crippen LogP contribution in [0.15, 0.2) is 30.3 Å². The Hall–Kier alpha value is 0.776. The van der Waals surface area contributed by atoms with Crippen LogP contribution >= 0.6 is 0 Å². The molecule has 0 heterocycles. The molecule has 0 saturated heterocycles. The Labute approximate surface area is 115 Å². The van der Waals surface area contributed by atoms with Gasteiger partial charge in [0.05, 0.1) is 0 Å². The fourth-order valence-corrected chi connectivity index (χ4v) is 0.909. The van der Waals surface area contributed by atoms with Crippen LogP contribution in [0.1, 0.15) is 18.9 Å². The first kappa shape index (κ1) is 12.8. The van der Waals surface area contributed by atoms with Crippen molar-refractivity contribution in [3.8, 4) is 0 Å². The van der Waals surface area contributed by atoms with E-state index in [0.29, 0.717) is 12.0 Å². The Bertz CT molecular complexity index is 221. The van der Waals surface area contributed by atoms with E-state index in [2.05, 4.69) is 0 Å². The second-order valence-electron chi connectivity index (χ2n) is 2.54. The largest absolute Gasteiger partial charge is 0.362 e. The third-order valence-corrected chi connectivity index (χ3v) is 1.73. The maximum absolute atomic E-state index is 9.35. The summed E-state index contributed by atoms with van der Waals surface area (Å²) >= 11 is 0. The third kappa shape index (κ3) is 3.26. The monoisotopic (exact) mass is 191 g/mol. The van der Waals surface area contributed by atoms with Crippen LogP contribution in [-0.4, -0.2) is 61.6 Å². The van der Waals surface area contributed by atoms with Crippen LogP contribution in [0.3, 0.4) is 0 Å². The van der Waals surface area contributed by atoms with Gasteiger partial charge < -0.3 is 10.2 Å². The van der Waals surface area contributed by atoms with Crippen LogP contribution in [0.4, 0.5) is 0 Å². The molecule has 0 saturated carbocycles. The van der Waals surface area contributed by atoms with Crippen LogP contribution in [0.25, 0.3) is 0 Å². The number of benzene rings is 1. The number of aliphatic hydroxyl groups is 2. The molecule has 1 aromatic rings. The Morgan fingerprint density at radius 1 is 1.17 bits per heavy atom. The van der Waals surface area contributed by atoms with E-state index in [-0.39, 0.29) is 51.4 Å². The van der Waals surface area contributed by atoms with E-state index >= 15 is 0 Å². The minimum atomic E-state index is -1.67. The van der Waals surface area contributed by atoms with E-state index in [4.69, 9.17) is 0 Å². The molecule has 2 N–H and O–H groups in total. The number of rotatable bonds is 2. The summed E-state index contributed by atoms with van der Waals surface area (Å²) in [5, 5.41) is 18.7. The molecule has 0 aromatic heterocycles. The molecule has 0 bridgehead atoms. The molecule has 0 spiro atoms. The first-order valence-electron chi connectivity index (χ1n) is 3.67. The van der Waals surface area contributed by atoms with Crippen molar-refractivity contribution in [1.82, 2.24) is 0 Å². The summed E-state index contributed by atoms with van der Waals surface area (Å²) in [6.07, 6.45) is 0.303. The minimum absolute atomic E-state index is 0. The zero-order valence-corrected chi connectivity index (χ0v) is 10.6. The van der Waals surface area contributed by atoms with Crippen molar-refractivity contribution in [2.75, 3.05) is 0 Å². The SMILES string of the molecule is CCC(O)(O)c1ccccc1.[K].